The Labute approximate surface area is 132 Å². The Balaban J connectivity index is 2.01. The van der Waals surface area contributed by atoms with Crippen LogP contribution in [0, 0.1) is 5.82 Å². The minimum atomic E-state index is -0.667. The van der Waals surface area contributed by atoms with Crippen LogP contribution in [0.15, 0.2) is 18.2 Å². The zero-order valence-corrected chi connectivity index (χ0v) is 13.1. The van der Waals surface area contributed by atoms with Gasteiger partial charge in [0.1, 0.15) is 11.9 Å². The molecule has 1 fully saturated rings. The number of hydrogen-bond donors (Lipinski definition) is 1. The average Bonchev–Trinajstić information content (AvgIpc) is 2.50. The first-order valence-electron chi connectivity index (χ1n) is 6.62. The van der Waals surface area contributed by atoms with E-state index >= 15 is 0 Å². The molecule has 0 aliphatic carbocycles. The topological polar surface area (TPSA) is 49.4 Å². The van der Waals surface area contributed by atoms with Gasteiger partial charge in [-0.2, -0.15) is 11.8 Å². The SMILES string of the molecule is C[C@H](NC(=O)c1cccc(F)c1Cl)C(=O)N1CCSCC1. The molecule has 2 rings (SSSR count). The van der Waals surface area contributed by atoms with Crippen LogP contribution in [0.25, 0.3) is 0 Å². The minimum absolute atomic E-state index is 0.0329. The van der Waals surface area contributed by atoms with Crippen LogP contribution in [0.4, 0.5) is 4.39 Å². The van der Waals surface area contributed by atoms with Crippen molar-refractivity contribution in [2.24, 2.45) is 0 Å². The first-order valence-corrected chi connectivity index (χ1v) is 8.15. The van der Waals surface area contributed by atoms with Gasteiger partial charge in [-0.05, 0) is 19.1 Å². The van der Waals surface area contributed by atoms with Crippen molar-refractivity contribution in [3.63, 3.8) is 0 Å². The maximum Gasteiger partial charge on any atom is 0.253 e. The van der Waals surface area contributed by atoms with Crippen molar-refractivity contribution >= 4 is 35.2 Å². The predicted octanol–water partition coefficient (Wildman–Crippen LogP) is 2.17. The molecular weight excluding hydrogens is 315 g/mol. The van der Waals surface area contributed by atoms with Crippen molar-refractivity contribution in [2.45, 2.75) is 13.0 Å². The van der Waals surface area contributed by atoms with Gasteiger partial charge in [-0.15, -0.1) is 0 Å². The molecule has 0 saturated carbocycles. The summed E-state index contributed by atoms with van der Waals surface area (Å²) in [6, 6.07) is 3.35. The lowest BCUT2D eigenvalue weighted by atomic mass is 10.2. The summed E-state index contributed by atoms with van der Waals surface area (Å²) in [5, 5.41) is 2.34. The molecule has 114 valence electrons. The van der Waals surface area contributed by atoms with E-state index in [1.165, 1.54) is 18.2 Å². The molecule has 0 spiro atoms. The number of carbonyl (C=O) groups is 2. The van der Waals surface area contributed by atoms with Crippen molar-refractivity contribution in [2.75, 3.05) is 24.6 Å². The lowest BCUT2D eigenvalue weighted by Crippen LogP contribution is -2.49. The maximum absolute atomic E-state index is 13.3. The number of hydrogen-bond acceptors (Lipinski definition) is 3. The number of thioether (sulfide) groups is 1. The van der Waals surface area contributed by atoms with Gasteiger partial charge in [-0.25, -0.2) is 4.39 Å². The Kier molecular flexibility index (Phi) is 5.47. The number of carbonyl (C=O) groups excluding carboxylic acids is 2. The number of amides is 2. The summed E-state index contributed by atoms with van der Waals surface area (Å²) in [5.74, 6) is 0.476. The summed E-state index contributed by atoms with van der Waals surface area (Å²) in [4.78, 5) is 26.0. The van der Waals surface area contributed by atoms with Gasteiger partial charge < -0.3 is 10.2 Å². The van der Waals surface area contributed by atoms with E-state index in [2.05, 4.69) is 5.32 Å². The molecule has 0 bridgehead atoms. The Morgan fingerprint density at radius 3 is 2.71 bits per heavy atom. The van der Waals surface area contributed by atoms with E-state index in [1.807, 2.05) is 0 Å². The smallest absolute Gasteiger partial charge is 0.253 e. The van der Waals surface area contributed by atoms with E-state index < -0.39 is 17.8 Å². The van der Waals surface area contributed by atoms with Crippen molar-refractivity contribution < 1.29 is 14.0 Å². The fourth-order valence-electron chi connectivity index (χ4n) is 2.07. The standard InChI is InChI=1S/C14H16ClFN2O2S/c1-9(14(20)18-5-7-21-8-6-18)17-13(19)10-3-2-4-11(16)12(10)15/h2-4,9H,5-8H2,1H3,(H,17,19)/t9-/m0/s1. The minimum Gasteiger partial charge on any atom is -0.340 e. The first-order chi connectivity index (χ1) is 10.0. The Morgan fingerprint density at radius 2 is 2.05 bits per heavy atom. The van der Waals surface area contributed by atoms with Crippen molar-refractivity contribution in [1.82, 2.24) is 10.2 Å². The van der Waals surface area contributed by atoms with Crippen molar-refractivity contribution in [3.8, 4) is 0 Å². The van der Waals surface area contributed by atoms with E-state index in [9.17, 15) is 14.0 Å². The van der Waals surface area contributed by atoms with Crippen LogP contribution in [0.5, 0.6) is 0 Å². The second-order valence-electron chi connectivity index (χ2n) is 4.73. The highest BCUT2D eigenvalue weighted by atomic mass is 35.5. The van der Waals surface area contributed by atoms with Crippen LogP contribution < -0.4 is 5.32 Å². The van der Waals surface area contributed by atoms with Gasteiger partial charge in [0.05, 0.1) is 10.6 Å². The van der Waals surface area contributed by atoms with Gasteiger partial charge in [0.2, 0.25) is 5.91 Å². The van der Waals surface area contributed by atoms with Crippen LogP contribution in [-0.4, -0.2) is 47.4 Å². The third-order valence-electron chi connectivity index (χ3n) is 3.24. The van der Waals surface area contributed by atoms with Gasteiger partial charge in [0.15, 0.2) is 0 Å². The summed E-state index contributed by atoms with van der Waals surface area (Å²) < 4.78 is 13.3. The lowest BCUT2D eigenvalue weighted by molar-refractivity contribution is -0.132. The maximum atomic E-state index is 13.3. The van der Waals surface area contributed by atoms with E-state index in [4.69, 9.17) is 11.6 Å². The molecule has 21 heavy (non-hydrogen) atoms. The number of nitrogens with one attached hydrogen (secondary N) is 1. The number of rotatable bonds is 3. The van der Waals surface area contributed by atoms with Gasteiger partial charge in [0, 0.05) is 24.6 Å². The fourth-order valence-corrected chi connectivity index (χ4v) is 3.19. The van der Waals surface area contributed by atoms with Gasteiger partial charge in [-0.1, -0.05) is 17.7 Å². The van der Waals surface area contributed by atoms with Crippen molar-refractivity contribution in [1.29, 1.82) is 0 Å². The monoisotopic (exact) mass is 330 g/mol. The Morgan fingerprint density at radius 1 is 1.38 bits per heavy atom. The molecule has 2 amide bonds. The molecule has 1 N–H and O–H groups in total. The van der Waals surface area contributed by atoms with Gasteiger partial charge in [-0.3, -0.25) is 9.59 Å². The first kappa shape index (κ1) is 16.1. The zero-order valence-electron chi connectivity index (χ0n) is 11.6. The third kappa shape index (κ3) is 3.89. The molecule has 1 aliphatic heterocycles. The summed E-state index contributed by atoms with van der Waals surface area (Å²) >= 11 is 7.57. The molecule has 1 aromatic rings. The van der Waals surface area contributed by atoms with E-state index in [0.29, 0.717) is 13.1 Å². The second-order valence-corrected chi connectivity index (χ2v) is 6.34. The summed E-state index contributed by atoms with van der Waals surface area (Å²) in [6.45, 7) is 2.99. The second kappa shape index (κ2) is 7.13. The zero-order chi connectivity index (χ0) is 15.4. The van der Waals surface area contributed by atoms with Gasteiger partial charge >= 0.3 is 0 Å². The van der Waals surface area contributed by atoms with Crippen molar-refractivity contribution in [3.05, 3.63) is 34.6 Å². The van der Waals surface area contributed by atoms with E-state index in [-0.39, 0.29) is 16.5 Å². The van der Waals surface area contributed by atoms with Crippen LogP contribution in [0.2, 0.25) is 5.02 Å². The van der Waals surface area contributed by atoms with E-state index in [1.54, 1.807) is 23.6 Å². The molecular formula is C14H16ClFN2O2S. The molecule has 0 unspecified atom stereocenters. The third-order valence-corrected chi connectivity index (χ3v) is 4.56. The number of nitrogens with zero attached hydrogens (tertiary/aromatic N) is 1. The molecule has 4 nitrogen and oxygen atoms in total. The fraction of sp³-hybridized carbons (Fsp3) is 0.429. The largest absolute Gasteiger partial charge is 0.340 e. The molecule has 1 aliphatic rings. The lowest BCUT2D eigenvalue weighted by Gasteiger charge is -2.29. The molecule has 1 aromatic carbocycles. The average molecular weight is 331 g/mol. The molecule has 7 heteroatoms. The normalized spacial score (nSPS) is 16.4. The molecule has 1 heterocycles. The highest BCUT2D eigenvalue weighted by Gasteiger charge is 2.24. The quantitative estimate of drug-likeness (QED) is 0.924. The molecule has 0 aromatic heterocycles. The predicted molar refractivity (Wildman–Crippen MR) is 82.2 cm³/mol. The Bertz CT molecular complexity index is 550. The molecule has 1 saturated heterocycles. The highest BCUT2D eigenvalue weighted by Crippen LogP contribution is 2.19. The molecule has 0 radical (unpaired) electrons. The van der Waals surface area contributed by atoms with Crippen LogP contribution in [-0.2, 0) is 4.79 Å². The van der Waals surface area contributed by atoms with Gasteiger partial charge in [0.25, 0.3) is 5.91 Å². The molecule has 1 atom stereocenters. The summed E-state index contributed by atoms with van der Waals surface area (Å²) in [6.07, 6.45) is 0. The highest BCUT2D eigenvalue weighted by molar-refractivity contribution is 7.99. The van der Waals surface area contributed by atoms with Crippen LogP contribution >= 0.6 is 23.4 Å². The number of halogens is 2. The van der Waals surface area contributed by atoms with E-state index in [0.717, 1.165) is 11.5 Å². The summed E-state index contributed by atoms with van der Waals surface area (Å²) in [7, 11) is 0. The van der Waals surface area contributed by atoms with Crippen LogP contribution in [0.3, 0.4) is 0 Å². The number of benzene rings is 1. The summed E-state index contributed by atoms with van der Waals surface area (Å²) in [5.41, 5.74) is 0.0329. The Hall–Kier alpha value is -1.27. The van der Waals surface area contributed by atoms with Crippen LogP contribution in [0.1, 0.15) is 17.3 Å².